The topological polar surface area (TPSA) is 66.4 Å². The van der Waals surface area contributed by atoms with Gasteiger partial charge in [0.25, 0.3) is 0 Å². The second-order valence-electron chi connectivity index (χ2n) is 4.71. The number of anilines is 1. The lowest BCUT2D eigenvalue weighted by atomic mass is 9.82. The van der Waals surface area contributed by atoms with Crippen LogP contribution in [0.5, 0.6) is 0 Å². The number of benzene rings is 1. The Morgan fingerprint density at radius 1 is 1.25 bits per heavy atom. The van der Waals surface area contributed by atoms with Crippen LogP contribution in [0.3, 0.4) is 0 Å². The third-order valence-corrected chi connectivity index (χ3v) is 3.38. The van der Waals surface area contributed by atoms with Gasteiger partial charge < -0.3 is 10.4 Å². The standard InChI is InChI=1S/C16H15NO3/c1-2-11-6-5-7-12(10-11)17-15(18)13-8-3-4-9-14(13)16(19)20/h1,3-7,10,13-14H,8-9H2,(H,17,18)(H,19,20)/t13-,14+/m1/s1. The molecule has 4 nitrogen and oxygen atoms in total. The average Bonchev–Trinajstić information content (AvgIpc) is 2.47. The van der Waals surface area contributed by atoms with Crippen LogP contribution in [0.2, 0.25) is 0 Å². The Morgan fingerprint density at radius 3 is 2.60 bits per heavy atom. The molecule has 0 spiro atoms. The summed E-state index contributed by atoms with van der Waals surface area (Å²) in [5, 5.41) is 11.9. The quantitative estimate of drug-likeness (QED) is 0.653. The molecule has 1 aliphatic rings. The highest BCUT2D eigenvalue weighted by Crippen LogP contribution is 2.27. The minimum atomic E-state index is -0.938. The summed E-state index contributed by atoms with van der Waals surface area (Å²) < 4.78 is 0. The van der Waals surface area contributed by atoms with Crippen LogP contribution < -0.4 is 5.32 Å². The second-order valence-corrected chi connectivity index (χ2v) is 4.71. The molecule has 1 aromatic carbocycles. The molecule has 4 heteroatoms. The largest absolute Gasteiger partial charge is 0.481 e. The number of carboxylic acid groups (broad SMARTS) is 1. The number of rotatable bonds is 3. The molecule has 2 rings (SSSR count). The van der Waals surface area contributed by atoms with E-state index in [0.29, 0.717) is 24.1 Å². The van der Waals surface area contributed by atoms with Gasteiger partial charge in [-0.05, 0) is 31.0 Å². The molecular formula is C16H15NO3. The third kappa shape index (κ3) is 3.07. The van der Waals surface area contributed by atoms with Crippen LogP contribution >= 0.6 is 0 Å². The SMILES string of the molecule is C#Cc1cccc(NC(=O)[C@@H]2CC=CC[C@@H]2C(=O)O)c1. The van der Waals surface area contributed by atoms with Crippen molar-refractivity contribution in [2.45, 2.75) is 12.8 Å². The van der Waals surface area contributed by atoms with Crippen LogP contribution in [0.25, 0.3) is 0 Å². The van der Waals surface area contributed by atoms with Crippen LogP contribution in [-0.4, -0.2) is 17.0 Å². The fourth-order valence-corrected chi connectivity index (χ4v) is 2.30. The highest BCUT2D eigenvalue weighted by molar-refractivity contribution is 5.95. The van der Waals surface area contributed by atoms with E-state index in [1.165, 1.54) is 0 Å². The zero-order valence-corrected chi connectivity index (χ0v) is 10.9. The molecule has 0 aromatic heterocycles. The van der Waals surface area contributed by atoms with E-state index in [-0.39, 0.29) is 5.91 Å². The van der Waals surface area contributed by atoms with E-state index >= 15 is 0 Å². The van der Waals surface area contributed by atoms with Crippen molar-refractivity contribution in [3.8, 4) is 12.3 Å². The van der Waals surface area contributed by atoms with Crippen molar-refractivity contribution < 1.29 is 14.7 Å². The zero-order valence-electron chi connectivity index (χ0n) is 10.9. The van der Waals surface area contributed by atoms with Crippen molar-refractivity contribution in [1.82, 2.24) is 0 Å². The number of nitrogens with one attached hydrogen (secondary N) is 1. The van der Waals surface area contributed by atoms with E-state index in [0.717, 1.165) is 0 Å². The Bertz CT molecular complexity index is 598. The van der Waals surface area contributed by atoms with Gasteiger partial charge in [-0.2, -0.15) is 0 Å². The van der Waals surface area contributed by atoms with Crippen molar-refractivity contribution >= 4 is 17.6 Å². The number of carboxylic acids is 1. The van der Waals surface area contributed by atoms with Crippen LogP contribution in [0.4, 0.5) is 5.69 Å². The highest BCUT2D eigenvalue weighted by Gasteiger charge is 2.33. The summed E-state index contributed by atoms with van der Waals surface area (Å²) in [6.45, 7) is 0. The van der Waals surface area contributed by atoms with Crippen LogP contribution in [0, 0.1) is 24.2 Å². The first kappa shape index (κ1) is 13.9. The Labute approximate surface area is 117 Å². The second kappa shape index (κ2) is 6.07. The van der Waals surface area contributed by atoms with Gasteiger partial charge in [-0.1, -0.05) is 24.1 Å². The first-order valence-electron chi connectivity index (χ1n) is 6.37. The van der Waals surface area contributed by atoms with Gasteiger partial charge in [-0.15, -0.1) is 6.42 Å². The molecule has 20 heavy (non-hydrogen) atoms. The summed E-state index contributed by atoms with van der Waals surface area (Å²) in [4.78, 5) is 23.4. The molecule has 2 N–H and O–H groups in total. The number of terminal acetylenes is 1. The van der Waals surface area contributed by atoms with Gasteiger partial charge in [0.2, 0.25) is 5.91 Å². The van der Waals surface area contributed by atoms with Crippen molar-refractivity contribution in [1.29, 1.82) is 0 Å². The first-order chi connectivity index (χ1) is 9.61. The van der Waals surface area contributed by atoms with Gasteiger partial charge in [-0.25, -0.2) is 0 Å². The van der Waals surface area contributed by atoms with E-state index in [1.54, 1.807) is 24.3 Å². The predicted octanol–water partition coefficient (Wildman–Crippen LogP) is 2.27. The zero-order chi connectivity index (χ0) is 14.5. The molecule has 0 saturated carbocycles. The van der Waals surface area contributed by atoms with Crippen LogP contribution in [-0.2, 0) is 9.59 Å². The molecule has 1 amide bonds. The summed E-state index contributed by atoms with van der Waals surface area (Å²) in [6.07, 6.45) is 9.79. The number of aliphatic carboxylic acids is 1. The molecule has 0 unspecified atom stereocenters. The first-order valence-corrected chi connectivity index (χ1v) is 6.37. The molecule has 0 aliphatic heterocycles. The minimum absolute atomic E-state index is 0.282. The Morgan fingerprint density at radius 2 is 1.95 bits per heavy atom. The summed E-state index contributed by atoms with van der Waals surface area (Å²) in [5.41, 5.74) is 1.25. The predicted molar refractivity (Wildman–Crippen MR) is 76.0 cm³/mol. The van der Waals surface area contributed by atoms with E-state index in [4.69, 9.17) is 11.5 Å². The number of allylic oxidation sites excluding steroid dienone is 2. The van der Waals surface area contributed by atoms with Gasteiger partial charge in [0.15, 0.2) is 0 Å². The molecule has 2 atom stereocenters. The van der Waals surface area contributed by atoms with E-state index in [1.807, 2.05) is 12.2 Å². The molecule has 0 fully saturated rings. The van der Waals surface area contributed by atoms with E-state index in [2.05, 4.69) is 11.2 Å². The number of carbonyl (C=O) groups excluding carboxylic acids is 1. The maximum atomic E-state index is 12.2. The van der Waals surface area contributed by atoms with Crippen molar-refractivity contribution in [2.24, 2.45) is 11.8 Å². The van der Waals surface area contributed by atoms with Crippen molar-refractivity contribution in [3.05, 3.63) is 42.0 Å². The fourth-order valence-electron chi connectivity index (χ4n) is 2.30. The average molecular weight is 269 g/mol. The number of amides is 1. The smallest absolute Gasteiger partial charge is 0.307 e. The maximum Gasteiger partial charge on any atom is 0.307 e. The number of carbonyl (C=O) groups is 2. The molecule has 1 aliphatic carbocycles. The molecule has 0 heterocycles. The monoisotopic (exact) mass is 269 g/mol. The molecule has 1 aromatic rings. The molecular weight excluding hydrogens is 254 g/mol. The van der Waals surface area contributed by atoms with E-state index < -0.39 is 17.8 Å². The summed E-state index contributed by atoms with van der Waals surface area (Å²) in [6, 6.07) is 6.93. The highest BCUT2D eigenvalue weighted by atomic mass is 16.4. The number of hydrogen-bond acceptors (Lipinski definition) is 2. The minimum Gasteiger partial charge on any atom is -0.481 e. The van der Waals surface area contributed by atoms with Crippen LogP contribution in [0.15, 0.2) is 36.4 Å². The van der Waals surface area contributed by atoms with Gasteiger partial charge in [0.1, 0.15) is 0 Å². The normalized spacial score (nSPS) is 20.9. The molecule has 102 valence electrons. The summed E-state index contributed by atoms with van der Waals surface area (Å²) in [7, 11) is 0. The molecule has 0 radical (unpaired) electrons. The third-order valence-electron chi connectivity index (χ3n) is 3.38. The molecule has 0 saturated heterocycles. The van der Waals surface area contributed by atoms with Crippen molar-refractivity contribution in [2.75, 3.05) is 5.32 Å². The van der Waals surface area contributed by atoms with Gasteiger partial charge in [-0.3, -0.25) is 9.59 Å². The summed E-state index contributed by atoms with van der Waals surface area (Å²) in [5.74, 6) is 0.0513. The lowest BCUT2D eigenvalue weighted by Crippen LogP contribution is -2.34. The van der Waals surface area contributed by atoms with Gasteiger partial charge in [0, 0.05) is 11.3 Å². The Hall–Kier alpha value is -2.54. The van der Waals surface area contributed by atoms with E-state index in [9.17, 15) is 9.59 Å². The lowest BCUT2D eigenvalue weighted by Gasteiger charge is -2.24. The molecule has 0 bridgehead atoms. The fraction of sp³-hybridized carbons (Fsp3) is 0.250. The number of hydrogen-bond donors (Lipinski definition) is 2. The van der Waals surface area contributed by atoms with Crippen molar-refractivity contribution in [3.63, 3.8) is 0 Å². The van der Waals surface area contributed by atoms with Gasteiger partial charge in [0.05, 0.1) is 11.8 Å². The van der Waals surface area contributed by atoms with Crippen LogP contribution in [0.1, 0.15) is 18.4 Å². The Balaban J connectivity index is 2.12. The lowest BCUT2D eigenvalue weighted by molar-refractivity contribution is -0.146. The summed E-state index contributed by atoms with van der Waals surface area (Å²) >= 11 is 0. The maximum absolute atomic E-state index is 12.2. The Kier molecular flexibility index (Phi) is 4.21. The van der Waals surface area contributed by atoms with Gasteiger partial charge >= 0.3 is 5.97 Å².